The van der Waals surface area contributed by atoms with Crippen LogP contribution in [0.25, 0.3) is 0 Å². The van der Waals surface area contributed by atoms with Crippen LogP contribution < -0.4 is 10.2 Å². The number of amides is 2. The molecular weight excluding hydrogens is 312 g/mol. The predicted molar refractivity (Wildman–Crippen MR) is 93.8 cm³/mol. The molecule has 1 aromatic rings. The fraction of sp³-hybridized carbons (Fsp3) is 0.556. The number of nitrogens with zero attached hydrogens (tertiary/aromatic N) is 1. The number of aryl methyl sites for hydroxylation is 1. The minimum Gasteiger partial charge on any atom is -0.352 e. The average molecular weight is 337 g/mol. The van der Waals surface area contributed by atoms with Gasteiger partial charge in [-0.15, -0.1) is 0 Å². The van der Waals surface area contributed by atoms with Gasteiger partial charge in [-0.2, -0.15) is 0 Å². The Hall–Kier alpha value is -1.55. The lowest BCUT2D eigenvalue weighted by Gasteiger charge is -2.24. The molecule has 23 heavy (non-hydrogen) atoms. The van der Waals surface area contributed by atoms with Gasteiger partial charge < -0.3 is 10.2 Å². The number of hydrogen-bond acceptors (Lipinski definition) is 2. The zero-order valence-corrected chi connectivity index (χ0v) is 14.7. The van der Waals surface area contributed by atoms with Crippen molar-refractivity contribution >= 4 is 29.1 Å². The summed E-state index contributed by atoms with van der Waals surface area (Å²) in [5.41, 5.74) is 1.62. The first-order chi connectivity index (χ1) is 11.0. The van der Waals surface area contributed by atoms with Crippen LogP contribution in [0.2, 0.25) is 5.02 Å². The Labute approximate surface area is 143 Å². The van der Waals surface area contributed by atoms with E-state index in [9.17, 15) is 9.59 Å². The van der Waals surface area contributed by atoms with E-state index in [2.05, 4.69) is 5.32 Å². The molecule has 0 aliphatic heterocycles. The maximum absolute atomic E-state index is 12.4. The van der Waals surface area contributed by atoms with Crippen molar-refractivity contribution in [1.29, 1.82) is 0 Å². The zero-order valence-electron chi connectivity index (χ0n) is 13.9. The first-order valence-electron chi connectivity index (χ1n) is 8.31. The van der Waals surface area contributed by atoms with E-state index in [0.29, 0.717) is 10.7 Å². The van der Waals surface area contributed by atoms with Crippen LogP contribution in [0.4, 0.5) is 5.69 Å². The summed E-state index contributed by atoms with van der Waals surface area (Å²) in [6, 6.07) is 5.61. The van der Waals surface area contributed by atoms with Crippen molar-refractivity contribution in [3.8, 4) is 0 Å². The van der Waals surface area contributed by atoms with Crippen LogP contribution in [-0.2, 0) is 9.59 Å². The van der Waals surface area contributed by atoms with E-state index in [4.69, 9.17) is 11.6 Å². The van der Waals surface area contributed by atoms with Crippen molar-refractivity contribution in [3.63, 3.8) is 0 Å². The van der Waals surface area contributed by atoms with Gasteiger partial charge in [0.1, 0.15) is 6.54 Å². The van der Waals surface area contributed by atoms with E-state index >= 15 is 0 Å². The van der Waals surface area contributed by atoms with Gasteiger partial charge in [-0.25, -0.2) is 0 Å². The van der Waals surface area contributed by atoms with Crippen molar-refractivity contribution in [3.05, 3.63) is 28.8 Å². The second-order valence-electron chi connectivity index (χ2n) is 6.29. The number of benzene rings is 1. The van der Waals surface area contributed by atoms with Gasteiger partial charge >= 0.3 is 0 Å². The van der Waals surface area contributed by atoms with Crippen LogP contribution in [0.5, 0.6) is 0 Å². The summed E-state index contributed by atoms with van der Waals surface area (Å²) < 4.78 is 0. The van der Waals surface area contributed by atoms with Crippen molar-refractivity contribution in [1.82, 2.24) is 5.32 Å². The minimum absolute atomic E-state index is 0.0347. The molecule has 0 atom stereocenters. The molecular formula is C18H25ClN2O2. The quantitative estimate of drug-likeness (QED) is 0.849. The summed E-state index contributed by atoms with van der Waals surface area (Å²) in [7, 11) is 0. The summed E-state index contributed by atoms with van der Waals surface area (Å²) in [6.45, 7) is 3.41. The maximum atomic E-state index is 12.4. The molecule has 0 spiro atoms. The van der Waals surface area contributed by atoms with Gasteiger partial charge in [0.15, 0.2) is 0 Å². The summed E-state index contributed by atoms with van der Waals surface area (Å²) >= 11 is 6.04. The minimum atomic E-state index is -0.161. The Kier molecular flexibility index (Phi) is 6.46. The second kappa shape index (κ2) is 8.34. The average Bonchev–Trinajstić information content (AvgIpc) is 2.76. The summed E-state index contributed by atoms with van der Waals surface area (Å²) in [5.74, 6) is -0.266. The summed E-state index contributed by atoms with van der Waals surface area (Å²) in [5, 5.41) is 3.64. The Morgan fingerprint density at radius 2 is 1.87 bits per heavy atom. The molecule has 1 aliphatic carbocycles. The monoisotopic (exact) mass is 336 g/mol. The van der Waals surface area contributed by atoms with E-state index in [1.54, 1.807) is 12.1 Å². The highest BCUT2D eigenvalue weighted by molar-refractivity contribution is 6.31. The molecule has 1 N–H and O–H groups in total. The lowest BCUT2D eigenvalue weighted by Crippen LogP contribution is -2.43. The molecule has 1 fully saturated rings. The molecule has 1 saturated carbocycles. The number of halogens is 1. The van der Waals surface area contributed by atoms with Crippen molar-refractivity contribution < 1.29 is 9.59 Å². The molecule has 5 heteroatoms. The fourth-order valence-electron chi connectivity index (χ4n) is 3.08. The highest BCUT2D eigenvalue weighted by atomic mass is 35.5. The molecule has 126 valence electrons. The van der Waals surface area contributed by atoms with Crippen molar-refractivity contribution in [2.24, 2.45) is 0 Å². The molecule has 2 amide bonds. The van der Waals surface area contributed by atoms with E-state index in [-0.39, 0.29) is 24.4 Å². The number of rotatable bonds is 4. The van der Waals surface area contributed by atoms with Crippen LogP contribution in [0.3, 0.4) is 0 Å². The van der Waals surface area contributed by atoms with E-state index < -0.39 is 0 Å². The fourth-order valence-corrected chi connectivity index (χ4v) is 3.25. The number of carbonyl (C=O) groups is 2. The van der Waals surface area contributed by atoms with Gasteiger partial charge in [-0.05, 0) is 37.5 Å². The van der Waals surface area contributed by atoms with Crippen LogP contribution in [-0.4, -0.2) is 24.4 Å². The first kappa shape index (κ1) is 17.8. The van der Waals surface area contributed by atoms with E-state index in [1.165, 1.54) is 24.7 Å². The van der Waals surface area contributed by atoms with Gasteiger partial charge in [0.2, 0.25) is 11.8 Å². The second-order valence-corrected chi connectivity index (χ2v) is 6.73. The number of anilines is 1. The summed E-state index contributed by atoms with van der Waals surface area (Å²) in [6.07, 6.45) is 6.87. The van der Waals surface area contributed by atoms with Gasteiger partial charge in [-0.3, -0.25) is 9.59 Å². The van der Waals surface area contributed by atoms with Crippen molar-refractivity contribution in [2.75, 3.05) is 11.4 Å². The molecule has 0 heterocycles. The Balaban J connectivity index is 2.05. The largest absolute Gasteiger partial charge is 0.352 e. The molecule has 0 radical (unpaired) electrons. The SMILES string of the molecule is CC(=O)N(CC(=O)NC1CCCCCC1)c1cc(Cl)ccc1C. The van der Waals surface area contributed by atoms with Gasteiger partial charge in [0.25, 0.3) is 0 Å². The maximum Gasteiger partial charge on any atom is 0.240 e. The van der Waals surface area contributed by atoms with E-state index in [1.807, 2.05) is 13.0 Å². The topological polar surface area (TPSA) is 49.4 Å². The molecule has 0 saturated heterocycles. The normalized spacial score (nSPS) is 15.8. The molecule has 1 aliphatic rings. The number of carbonyl (C=O) groups excluding carboxylic acids is 2. The van der Waals surface area contributed by atoms with Gasteiger partial charge in [0, 0.05) is 23.7 Å². The molecule has 0 bridgehead atoms. The number of nitrogens with one attached hydrogen (secondary N) is 1. The molecule has 0 unspecified atom stereocenters. The summed E-state index contributed by atoms with van der Waals surface area (Å²) in [4.78, 5) is 25.9. The van der Waals surface area contributed by atoms with Gasteiger partial charge in [0.05, 0.1) is 0 Å². The van der Waals surface area contributed by atoms with Crippen LogP contribution in [0.15, 0.2) is 18.2 Å². The van der Waals surface area contributed by atoms with Crippen molar-refractivity contribution in [2.45, 2.75) is 58.4 Å². The standard InChI is InChI=1S/C18H25ClN2O2/c1-13-9-10-15(19)11-17(13)21(14(2)22)12-18(23)20-16-7-5-3-4-6-8-16/h9-11,16H,3-8,12H2,1-2H3,(H,20,23). The van der Waals surface area contributed by atoms with E-state index in [0.717, 1.165) is 31.2 Å². The third kappa shape index (κ3) is 5.24. The van der Waals surface area contributed by atoms with Crippen LogP contribution >= 0.6 is 11.6 Å². The lowest BCUT2D eigenvalue weighted by atomic mass is 10.1. The Morgan fingerprint density at radius 3 is 2.48 bits per heavy atom. The van der Waals surface area contributed by atoms with Gasteiger partial charge in [-0.1, -0.05) is 43.4 Å². The smallest absolute Gasteiger partial charge is 0.240 e. The molecule has 4 nitrogen and oxygen atoms in total. The Morgan fingerprint density at radius 1 is 1.22 bits per heavy atom. The zero-order chi connectivity index (χ0) is 16.8. The third-order valence-corrected chi connectivity index (χ3v) is 4.60. The molecule has 0 aromatic heterocycles. The predicted octanol–water partition coefficient (Wildman–Crippen LogP) is 3.84. The first-order valence-corrected chi connectivity index (χ1v) is 8.69. The third-order valence-electron chi connectivity index (χ3n) is 4.36. The molecule has 1 aromatic carbocycles. The van der Waals surface area contributed by atoms with Crippen LogP contribution in [0.1, 0.15) is 51.0 Å². The Bertz CT molecular complexity index is 566. The van der Waals surface area contributed by atoms with Crippen LogP contribution in [0, 0.1) is 6.92 Å². The lowest BCUT2D eigenvalue weighted by molar-refractivity contribution is -0.123. The highest BCUT2D eigenvalue weighted by Gasteiger charge is 2.20. The highest BCUT2D eigenvalue weighted by Crippen LogP contribution is 2.24. The molecule has 2 rings (SSSR count). The number of hydrogen-bond donors (Lipinski definition) is 1.